The number of hydrogen-bond acceptors (Lipinski definition) is 4. The summed E-state index contributed by atoms with van der Waals surface area (Å²) in [6, 6.07) is 1.41. The molecule has 0 atom stereocenters. The van der Waals surface area contributed by atoms with E-state index in [0.29, 0.717) is 8.81 Å². The number of rotatable bonds is 5. The number of thiophene rings is 1. The van der Waals surface area contributed by atoms with E-state index in [2.05, 4.69) is 20.7 Å². The number of sulfonamides is 1. The minimum absolute atomic E-state index is 0.0183. The molecule has 2 rings (SSSR count). The van der Waals surface area contributed by atoms with Crippen molar-refractivity contribution in [2.75, 3.05) is 13.2 Å². The van der Waals surface area contributed by atoms with Gasteiger partial charge in [0.25, 0.3) is 0 Å². The fourth-order valence-electron chi connectivity index (χ4n) is 1.35. The summed E-state index contributed by atoms with van der Waals surface area (Å²) in [5.74, 6) is 0. The average Bonchev–Trinajstić information content (AvgIpc) is 2.99. The van der Waals surface area contributed by atoms with Crippen molar-refractivity contribution in [3.8, 4) is 0 Å². The third-order valence-corrected chi connectivity index (χ3v) is 7.17. The van der Waals surface area contributed by atoms with Crippen LogP contribution in [-0.4, -0.2) is 26.7 Å². The predicted molar refractivity (Wildman–Crippen MR) is 71.0 cm³/mol. The van der Waals surface area contributed by atoms with E-state index in [1.54, 1.807) is 0 Å². The zero-order valence-electron chi connectivity index (χ0n) is 8.74. The topological polar surface area (TPSA) is 66.4 Å². The molecule has 0 amide bonds. The SMILES string of the molecule is O=S(=O)(NCC1(CO)CC1)c1cc(Cl)c(Br)s1. The molecule has 0 spiro atoms. The molecule has 96 valence electrons. The zero-order valence-corrected chi connectivity index (χ0v) is 12.7. The van der Waals surface area contributed by atoms with Crippen LogP contribution >= 0.6 is 38.9 Å². The first-order valence-corrected chi connectivity index (χ1v) is 8.41. The molecular formula is C9H11BrClNO3S2. The zero-order chi connectivity index (χ0) is 12.7. The van der Waals surface area contributed by atoms with E-state index in [9.17, 15) is 8.42 Å². The van der Waals surface area contributed by atoms with E-state index in [0.717, 1.165) is 24.2 Å². The van der Waals surface area contributed by atoms with E-state index < -0.39 is 10.0 Å². The maximum Gasteiger partial charge on any atom is 0.250 e. The van der Waals surface area contributed by atoms with Gasteiger partial charge in [-0.05, 0) is 34.8 Å². The summed E-state index contributed by atoms with van der Waals surface area (Å²) >= 11 is 10.0. The van der Waals surface area contributed by atoms with E-state index in [1.807, 2.05) is 0 Å². The Balaban J connectivity index is 2.09. The number of hydrogen-bond donors (Lipinski definition) is 2. The van der Waals surface area contributed by atoms with Gasteiger partial charge in [-0.2, -0.15) is 0 Å². The molecule has 4 nitrogen and oxygen atoms in total. The lowest BCUT2D eigenvalue weighted by atomic mass is 10.1. The summed E-state index contributed by atoms with van der Waals surface area (Å²) in [5.41, 5.74) is -0.245. The highest BCUT2D eigenvalue weighted by atomic mass is 79.9. The molecule has 0 aliphatic heterocycles. The quantitative estimate of drug-likeness (QED) is 0.846. The van der Waals surface area contributed by atoms with E-state index in [1.165, 1.54) is 6.07 Å². The van der Waals surface area contributed by atoms with Crippen LogP contribution in [0.2, 0.25) is 5.02 Å². The van der Waals surface area contributed by atoms with Crippen LogP contribution in [0.5, 0.6) is 0 Å². The van der Waals surface area contributed by atoms with Gasteiger partial charge in [-0.3, -0.25) is 0 Å². The molecule has 1 aromatic rings. The van der Waals surface area contributed by atoms with Gasteiger partial charge in [0.2, 0.25) is 10.0 Å². The Morgan fingerprint density at radius 1 is 1.59 bits per heavy atom. The molecule has 8 heteroatoms. The third kappa shape index (κ3) is 3.02. The highest BCUT2D eigenvalue weighted by molar-refractivity contribution is 9.11. The van der Waals surface area contributed by atoms with E-state index in [4.69, 9.17) is 16.7 Å². The Morgan fingerprint density at radius 3 is 2.65 bits per heavy atom. The van der Waals surface area contributed by atoms with Crippen LogP contribution in [0.1, 0.15) is 12.8 Å². The molecule has 1 fully saturated rings. The van der Waals surface area contributed by atoms with Gasteiger partial charge in [0.05, 0.1) is 8.81 Å². The summed E-state index contributed by atoms with van der Waals surface area (Å²) in [4.78, 5) is 0. The smallest absolute Gasteiger partial charge is 0.250 e. The van der Waals surface area contributed by atoms with Gasteiger partial charge in [0.1, 0.15) is 4.21 Å². The fraction of sp³-hybridized carbons (Fsp3) is 0.556. The van der Waals surface area contributed by atoms with Gasteiger partial charge >= 0.3 is 0 Å². The summed E-state index contributed by atoms with van der Waals surface area (Å²) in [6.45, 7) is 0.295. The van der Waals surface area contributed by atoms with Crippen molar-refractivity contribution < 1.29 is 13.5 Å². The van der Waals surface area contributed by atoms with Crippen molar-refractivity contribution in [3.63, 3.8) is 0 Å². The highest BCUT2D eigenvalue weighted by Gasteiger charge is 2.42. The molecule has 0 unspecified atom stereocenters. The largest absolute Gasteiger partial charge is 0.396 e. The van der Waals surface area contributed by atoms with Gasteiger partial charge in [0.15, 0.2) is 0 Å². The number of aliphatic hydroxyl groups excluding tert-OH is 1. The summed E-state index contributed by atoms with van der Waals surface area (Å²) in [7, 11) is -3.52. The fourth-order valence-corrected chi connectivity index (χ4v) is 4.95. The van der Waals surface area contributed by atoms with Crippen LogP contribution < -0.4 is 4.72 Å². The molecule has 0 saturated heterocycles. The van der Waals surface area contributed by atoms with Crippen LogP contribution in [0.15, 0.2) is 14.1 Å². The Kier molecular flexibility index (Phi) is 3.88. The van der Waals surface area contributed by atoms with Crippen LogP contribution in [0.3, 0.4) is 0 Å². The standard InChI is InChI=1S/C9H11BrClNO3S2/c10-8-6(11)3-7(16-8)17(14,15)12-4-9(5-13)1-2-9/h3,12-13H,1-2,4-5H2. The molecule has 1 saturated carbocycles. The Bertz CT molecular complexity index is 505. The number of nitrogens with one attached hydrogen (secondary N) is 1. The minimum Gasteiger partial charge on any atom is -0.396 e. The first-order chi connectivity index (χ1) is 7.88. The Hall–Kier alpha value is 0.340. The number of halogens is 2. The molecule has 0 aromatic carbocycles. The van der Waals surface area contributed by atoms with Crippen LogP contribution in [0.4, 0.5) is 0 Å². The Labute approximate surface area is 117 Å². The maximum absolute atomic E-state index is 11.9. The summed E-state index contributed by atoms with van der Waals surface area (Å²) < 4.78 is 27.1. The first-order valence-electron chi connectivity index (χ1n) is 4.94. The second kappa shape index (κ2) is 4.79. The summed E-state index contributed by atoms with van der Waals surface area (Å²) in [5, 5.41) is 9.50. The first kappa shape index (κ1) is 13.8. The normalized spacial score (nSPS) is 18.3. The van der Waals surface area contributed by atoms with Gasteiger partial charge in [0, 0.05) is 18.6 Å². The second-order valence-electron chi connectivity index (χ2n) is 4.17. The predicted octanol–water partition coefficient (Wildman–Crippen LogP) is 2.21. The second-order valence-corrected chi connectivity index (χ2v) is 8.94. The van der Waals surface area contributed by atoms with Crippen molar-refractivity contribution in [2.24, 2.45) is 5.41 Å². The third-order valence-electron chi connectivity index (χ3n) is 2.82. The molecule has 1 aliphatic rings. The molecular weight excluding hydrogens is 350 g/mol. The van der Waals surface area contributed by atoms with E-state index in [-0.39, 0.29) is 22.8 Å². The van der Waals surface area contributed by atoms with Crippen molar-refractivity contribution in [3.05, 3.63) is 14.9 Å². The van der Waals surface area contributed by atoms with Crippen LogP contribution in [0.25, 0.3) is 0 Å². The molecule has 1 aromatic heterocycles. The van der Waals surface area contributed by atoms with Crippen molar-refractivity contribution >= 4 is 48.9 Å². The van der Waals surface area contributed by atoms with Crippen molar-refractivity contribution in [1.82, 2.24) is 4.72 Å². The molecule has 1 aliphatic carbocycles. The van der Waals surface area contributed by atoms with Gasteiger partial charge < -0.3 is 5.11 Å². The van der Waals surface area contributed by atoms with Crippen LogP contribution in [0, 0.1) is 5.41 Å². The molecule has 0 bridgehead atoms. The lowest BCUT2D eigenvalue weighted by molar-refractivity contribution is 0.213. The average molecular weight is 361 g/mol. The lowest BCUT2D eigenvalue weighted by Crippen LogP contribution is -2.31. The van der Waals surface area contributed by atoms with Crippen molar-refractivity contribution in [2.45, 2.75) is 17.1 Å². The summed E-state index contributed by atoms with van der Waals surface area (Å²) in [6.07, 6.45) is 1.72. The van der Waals surface area contributed by atoms with Gasteiger partial charge in [-0.25, -0.2) is 13.1 Å². The maximum atomic E-state index is 11.9. The van der Waals surface area contributed by atoms with Crippen LogP contribution in [-0.2, 0) is 10.0 Å². The minimum atomic E-state index is -3.52. The van der Waals surface area contributed by atoms with E-state index >= 15 is 0 Å². The molecule has 0 radical (unpaired) electrons. The monoisotopic (exact) mass is 359 g/mol. The Morgan fingerprint density at radius 2 is 2.24 bits per heavy atom. The molecule has 2 N–H and O–H groups in total. The highest BCUT2D eigenvalue weighted by Crippen LogP contribution is 2.44. The molecule has 1 heterocycles. The van der Waals surface area contributed by atoms with Gasteiger partial charge in [-0.15, -0.1) is 11.3 Å². The lowest BCUT2D eigenvalue weighted by Gasteiger charge is -2.11. The molecule has 17 heavy (non-hydrogen) atoms. The number of aliphatic hydroxyl groups is 1. The van der Waals surface area contributed by atoms with Gasteiger partial charge in [-0.1, -0.05) is 11.6 Å². The van der Waals surface area contributed by atoms with Crippen molar-refractivity contribution in [1.29, 1.82) is 0 Å².